The van der Waals surface area contributed by atoms with Crippen LogP contribution in [0.25, 0.3) is 0 Å². The summed E-state index contributed by atoms with van der Waals surface area (Å²) >= 11 is 0. The van der Waals surface area contributed by atoms with Crippen molar-refractivity contribution < 1.29 is 9.53 Å². The van der Waals surface area contributed by atoms with E-state index in [2.05, 4.69) is 29.5 Å². The van der Waals surface area contributed by atoms with E-state index < -0.39 is 0 Å². The molecule has 1 amide bonds. The number of aromatic nitrogens is 1. The molecule has 0 atom stereocenters. The number of carbonyl (C=O) groups is 1. The number of nitrogens with one attached hydrogen (secondary N) is 2. The second-order valence-corrected chi connectivity index (χ2v) is 6.06. The van der Waals surface area contributed by atoms with Crippen molar-refractivity contribution in [2.45, 2.75) is 20.3 Å². The lowest BCUT2D eigenvalue weighted by Crippen LogP contribution is -2.26. The van der Waals surface area contributed by atoms with E-state index in [0.717, 1.165) is 30.0 Å². The van der Waals surface area contributed by atoms with E-state index in [4.69, 9.17) is 4.74 Å². The molecule has 2 aromatic rings. The van der Waals surface area contributed by atoms with Gasteiger partial charge >= 0.3 is 0 Å². The highest BCUT2D eigenvalue weighted by molar-refractivity contribution is 5.93. The molecule has 24 heavy (non-hydrogen) atoms. The van der Waals surface area contributed by atoms with E-state index in [9.17, 15) is 4.79 Å². The molecule has 0 aliphatic carbocycles. The van der Waals surface area contributed by atoms with E-state index in [-0.39, 0.29) is 5.91 Å². The predicted octanol–water partition coefficient (Wildman–Crippen LogP) is 3.13. The molecular weight excluding hydrogens is 302 g/mol. The van der Waals surface area contributed by atoms with Crippen molar-refractivity contribution in [3.05, 3.63) is 53.9 Å². The van der Waals surface area contributed by atoms with Crippen LogP contribution in [-0.2, 0) is 6.42 Å². The Hall–Kier alpha value is -2.56. The van der Waals surface area contributed by atoms with E-state index >= 15 is 0 Å². The Morgan fingerprint density at radius 2 is 2.08 bits per heavy atom. The highest BCUT2D eigenvalue weighted by atomic mass is 16.5. The predicted molar refractivity (Wildman–Crippen MR) is 96.6 cm³/mol. The van der Waals surface area contributed by atoms with Gasteiger partial charge in [-0.1, -0.05) is 26.0 Å². The maximum atomic E-state index is 12.2. The Bertz CT molecular complexity index is 671. The molecule has 1 aromatic carbocycles. The Labute approximate surface area is 143 Å². The number of amides is 1. The standard InChI is InChI=1S/C19H25N3O2/c1-14(2)13-22-16-8-10-20-18(12-16)19(23)21-9-7-15-5-4-6-17(11-15)24-3/h4-6,8,10-12,14H,7,9,13H2,1-3H3,(H,20,22)(H,21,23). The SMILES string of the molecule is COc1cccc(CCNC(=O)c2cc(NCC(C)C)ccn2)c1. The minimum Gasteiger partial charge on any atom is -0.497 e. The number of pyridine rings is 1. The lowest BCUT2D eigenvalue weighted by atomic mass is 10.1. The summed E-state index contributed by atoms with van der Waals surface area (Å²) < 4.78 is 5.20. The lowest BCUT2D eigenvalue weighted by Gasteiger charge is -2.10. The van der Waals surface area contributed by atoms with Crippen molar-refractivity contribution in [2.24, 2.45) is 5.92 Å². The number of carbonyl (C=O) groups excluding carboxylic acids is 1. The average Bonchev–Trinajstić information content (AvgIpc) is 2.60. The number of rotatable bonds is 8. The van der Waals surface area contributed by atoms with Crippen molar-refractivity contribution in [3.8, 4) is 5.75 Å². The van der Waals surface area contributed by atoms with Crippen molar-refractivity contribution in [3.63, 3.8) is 0 Å². The maximum absolute atomic E-state index is 12.2. The molecule has 0 unspecified atom stereocenters. The molecule has 0 aliphatic rings. The molecule has 1 heterocycles. The summed E-state index contributed by atoms with van der Waals surface area (Å²) in [4.78, 5) is 16.4. The normalized spacial score (nSPS) is 10.5. The smallest absolute Gasteiger partial charge is 0.269 e. The molecular formula is C19H25N3O2. The molecule has 1 aromatic heterocycles. The molecule has 0 saturated carbocycles. The third kappa shape index (κ3) is 5.57. The van der Waals surface area contributed by atoms with Gasteiger partial charge in [-0.15, -0.1) is 0 Å². The first-order chi connectivity index (χ1) is 11.6. The van der Waals surface area contributed by atoms with Crippen molar-refractivity contribution in [2.75, 3.05) is 25.5 Å². The molecule has 0 aliphatic heterocycles. The van der Waals surface area contributed by atoms with Crippen LogP contribution in [0.2, 0.25) is 0 Å². The minimum absolute atomic E-state index is 0.161. The van der Waals surface area contributed by atoms with Crippen LogP contribution >= 0.6 is 0 Å². The van der Waals surface area contributed by atoms with Crippen LogP contribution < -0.4 is 15.4 Å². The van der Waals surface area contributed by atoms with Crippen molar-refractivity contribution in [1.82, 2.24) is 10.3 Å². The van der Waals surface area contributed by atoms with Crippen molar-refractivity contribution in [1.29, 1.82) is 0 Å². The molecule has 0 fully saturated rings. The zero-order valence-corrected chi connectivity index (χ0v) is 14.5. The van der Waals surface area contributed by atoms with E-state index in [1.54, 1.807) is 19.4 Å². The van der Waals surface area contributed by atoms with Gasteiger partial charge < -0.3 is 15.4 Å². The number of ether oxygens (including phenoxy) is 1. The van der Waals surface area contributed by atoms with Crippen LogP contribution in [-0.4, -0.2) is 31.1 Å². The molecule has 5 nitrogen and oxygen atoms in total. The summed E-state index contributed by atoms with van der Waals surface area (Å²) in [6.07, 6.45) is 2.40. The van der Waals surface area contributed by atoms with E-state index in [1.807, 2.05) is 30.3 Å². The van der Waals surface area contributed by atoms with Gasteiger partial charge in [0.05, 0.1) is 7.11 Å². The second kappa shape index (κ2) is 8.91. The minimum atomic E-state index is -0.161. The second-order valence-electron chi connectivity index (χ2n) is 6.06. The Kier molecular flexibility index (Phi) is 6.61. The quantitative estimate of drug-likeness (QED) is 0.782. The first-order valence-corrected chi connectivity index (χ1v) is 8.19. The third-order valence-electron chi connectivity index (χ3n) is 3.54. The van der Waals surface area contributed by atoms with Gasteiger partial charge in [0.2, 0.25) is 0 Å². The Morgan fingerprint density at radius 3 is 2.83 bits per heavy atom. The molecule has 5 heteroatoms. The molecule has 0 saturated heterocycles. The number of hydrogen-bond donors (Lipinski definition) is 2. The fourth-order valence-electron chi connectivity index (χ4n) is 2.23. The van der Waals surface area contributed by atoms with Crippen LogP contribution in [0, 0.1) is 5.92 Å². The zero-order chi connectivity index (χ0) is 17.4. The summed E-state index contributed by atoms with van der Waals surface area (Å²) in [5.74, 6) is 1.20. The molecule has 2 N–H and O–H groups in total. The van der Waals surface area contributed by atoms with E-state index in [1.165, 1.54) is 0 Å². The first kappa shape index (κ1) is 17.8. The summed E-state index contributed by atoms with van der Waals surface area (Å²) in [5, 5.41) is 6.21. The number of methoxy groups -OCH3 is 1. The Morgan fingerprint density at radius 1 is 1.25 bits per heavy atom. The van der Waals surface area contributed by atoms with Crippen LogP contribution in [0.5, 0.6) is 5.75 Å². The molecule has 128 valence electrons. The summed E-state index contributed by atoms with van der Waals surface area (Å²) in [7, 11) is 1.65. The van der Waals surface area contributed by atoms with Gasteiger partial charge in [-0.25, -0.2) is 0 Å². The maximum Gasteiger partial charge on any atom is 0.269 e. The lowest BCUT2D eigenvalue weighted by molar-refractivity contribution is 0.0949. The molecule has 0 bridgehead atoms. The largest absolute Gasteiger partial charge is 0.497 e. The van der Waals surface area contributed by atoms with Gasteiger partial charge in [0.1, 0.15) is 11.4 Å². The fraction of sp³-hybridized carbons (Fsp3) is 0.368. The molecule has 2 rings (SSSR count). The summed E-state index contributed by atoms with van der Waals surface area (Å²) in [6.45, 7) is 5.69. The number of anilines is 1. The number of benzene rings is 1. The highest BCUT2D eigenvalue weighted by Crippen LogP contribution is 2.13. The molecule has 0 radical (unpaired) electrons. The van der Waals surface area contributed by atoms with Gasteiger partial charge in [0, 0.05) is 25.0 Å². The van der Waals surface area contributed by atoms with Crippen molar-refractivity contribution >= 4 is 11.6 Å². The van der Waals surface area contributed by atoms with Crippen LogP contribution in [0.15, 0.2) is 42.6 Å². The van der Waals surface area contributed by atoms with Gasteiger partial charge in [0.15, 0.2) is 0 Å². The van der Waals surface area contributed by atoms with Gasteiger partial charge in [-0.2, -0.15) is 0 Å². The average molecular weight is 327 g/mol. The molecule has 0 spiro atoms. The van der Waals surface area contributed by atoms with Crippen LogP contribution in [0.4, 0.5) is 5.69 Å². The van der Waals surface area contributed by atoms with Gasteiger partial charge in [-0.05, 0) is 42.2 Å². The van der Waals surface area contributed by atoms with Crippen LogP contribution in [0.1, 0.15) is 29.9 Å². The summed E-state index contributed by atoms with van der Waals surface area (Å²) in [5.41, 5.74) is 2.46. The van der Waals surface area contributed by atoms with Crippen LogP contribution in [0.3, 0.4) is 0 Å². The van der Waals surface area contributed by atoms with Gasteiger partial charge in [-0.3, -0.25) is 9.78 Å². The fourth-order valence-corrected chi connectivity index (χ4v) is 2.23. The Balaban J connectivity index is 1.86. The summed E-state index contributed by atoms with van der Waals surface area (Å²) in [6, 6.07) is 11.5. The highest BCUT2D eigenvalue weighted by Gasteiger charge is 2.08. The first-order valence-electron chi connectivity index (χ1n) is 8.19. The van der Waals surface area contributed by atoms with Gasteiger partial charge in [0.25, 0.3) is 5.91 Å². The number of nitrogens with zero attached hydrogens (tertiary/aromatic N) is 1. The number of hydrogen-bond acceptors (Lipinski definition) is 4. The zero-order valence-electron chi connectivity index (χ0n) is 14.5. The third-order valence-corrected chi connectivity index (χ3v) is 3.54. The topological polar surface area (TPSA) is 63.2 Å². The van der Waals surface area contributed by atoms with E-state index in [0.29, 0.717) is 18.2 Å². The monoisotopic (exact) mass is 327 g/mol.